The number of thiophene rings is 1. The van der Waals surface area contributed by atoms with Crippen LogP contribution in [0, 0.1) is 17.5 Å². The summed E-state index contributed by atoms with van der Waals surface area (Å²) in [5.41, 5.74) is 2.44. The Balaban J connectivity index is 1.80. The summed E-state index contributed by atoms with van der Waals surface area (Å²) in [5, 5.41) is 3.70. The van der Waals surface area contributed by atoms with Crippen molar-refractivity contribution in [2.75, 3.05) is 13.1 Å². The molecule has 3 rings (SSSR count). The highest BCUT2D eigenvalue weighted by Gasteiger charge is 2.46. The summed E-state index contributed by atoms with van der Waals surface area (Å²) >= 11 is 1.29. The van der Waals surface area contributed by atoms with Gasteiger partial charge in [0.25, 0.3) is 0 Å². The first-order valence-electron chi connectivity index (χ1n) is 10.8. The summed E-state index contributed by atoms with van der Waals surface area (Å²) < 4.78 is 13.5. The van der Waals surface area contributed by atoms with Gasteiger partial charge in [-0.25, -0.2) is 0 Å². The first-order valence-corrected chi connectivity index (χ1v) is 11.6. The molecule has 0 aromatic carbocycles. The van der Waals surface area contributed by atoms with E-state index in [1.807, 2.05) is 19.2 Å². The highest BCUT2D eigenvalue weighted by atomic mass is 32.1. The lowest BCUT2D eigenvalue weighted by atomic mass is 9.75. The van der Waals surface area contributed by atoms with E-state index in [2.05, 4.69) is 62.0 Å². The Hall–Kier alpha value is -1.30. The molecule has 2 atom stereocenters. The first-order chi connectivity index (χ1) is 13.6. The fourth-order valence-electron chi connectivity index (χ4n) is 4.69. The lowest BCUT2D eigenvalue weighted by molar-refractivity contribution is 0.109. The molecular formula is C24H36FN3S. The number of rotatable bonds is 8. The van der Waals surface area contributed by atoms with Crippen molar-refractivity contribution in [3.05, 3.63) is 51.7 Å². The van der Waals surface area contributed by atoms with Crippen LogP contribution < -0.4 is 5.32 Å². The molecule has 160 valence electrons. The van der Waals surface area contributed by atoms with Crippen LogP contribution in [0.3, 0.4) is 0 Å². The molecule has 1 aliphatic heterocycles. The van der Waals surface area contributed by atoms with E-state index in [0.29, 0.717) is 12.1 Å². The molecule has 0 aliphatic carbocycles. The lowest BCUT2D eigenvalue weighted by Gasteiger charge is -2.41. The van der Waals surface area contributed by atoms with Gasteiger partial charge in [0.15, 0.2) is 5.13 Å². The lowest BCUT2D eigenvalue weighted by Crippen LogP contribution is -2.49. The van der Waals surface area contributed by atoms with E-state index in [-0.39, 0.29) is 16.1 Å². The van der Waals surface area contributed by atoms with Crippen LogP contribution in [0.25, 0.3) is 0 Å². The largest absolute Gasteiger partial charge is 0.311 e. The van der Waals surface area contributed by atoms with Gasteiger partial charge in [0, 0.05) is 40.9 Å². The van der Waals surface area contributed by atoms with E-state index in [9.17, 15) is 4.39 Å². The fraction of sp³-hybridized carbons (Fsp3) is 0.625. The minimum absolute atomic E-state index is 0.0605. The van der Waals surface area contributed by atoms with E-state index in [1.165, 1.54) is 16.9 Å². The van der Waals surface area contributed by atoms with Crippen molar-refractivity contribution in [3.63, 3.8) is 0 Å². The Kier molecular flexibility index (Phi) is 6.81. The number of nitrogens with zero attached hydrogens (tertiary/aromatic N) is 2. The molecule has 1 N–H and O–H groups in total. The van der Waals surface area contributed by atoms with E-state index < -0.39 is 0 Å². The van der Waals surface area contributed by atoms with E-state index >= 15 is 0 Å². The molecule has 0 bridgehead atoms. The SMILES string of the molecule is Cc1ccc(C(C)(C)N2CCC(CCc3ccc(F)s3)(C(C)NC(C)C)C2)cn1. The zero-order valence-corrected chi connectivity index (χ0v) is 19.6. The first kappa shape index (κ1) is 22.4. The number of halogens is 1. The zero-order valence-electron chi connectivity index (χ0n) is 18.8. The molecule has 0 radical (unpaired) electrons. The predicted octanol–water partition coefficient (Wildman–Crippen LogP) is 5.54. The molecule has 0 spiro atoms. The van der Waals surface area contributed by atoms with Crippen molar-refractivity contribution in [2.45, 2.75) is 78.4 Å². The van der Waals surface area contributed by atoms with Crippen LogP contribution in [-0.2, 0) is 12.0 Å². The van der Waals surface area contributed by atoms with Gasteiger partial charge in [0.05, 0.1) is 0 Å². The van der Waals surface area contributed by atoms with Crippen molar-refractivity contribution in [1.29, 1.82) is 0 Å². The molecule has 1 saturated heterocycles. The van der Waals surface area contributed by atoms with Crippen LogP contribution in [0.15, 0.2) is 30.5 Å². The van der Waals surface area contributed by atoms with E-state index in [1.54, 1.807) is 6.07 Å². The van der Waals surface area contributed by atoms with Crippen LogP contribution in [0.1, 0.15) is 63.6 Å². The van der Waals surface area contributed by atoms with Gasteiger partial charge in [-0.3, -0.25) is 9.88 Å². The van der Waals surface area contributed by atoms with Crippen LogP contribution in [0.2, 0.25) is 0 Å². The number of likely N-dealkylation sites (tertiary alicyclic amines) is 1. The third-order valence-electron chi connectivity index (χ3n) is 6.79. The molecule has 2 aromatic rings. The monoisotopic (exact) mass is 417 g/mol. The van der Waals surface area contributed by atoms with Crippen molar-refractivity contribution in [2.24, 2.45) is 5.41 Å². The van der Waals surface area contributed by atoms with Gasteiger partial charge in [-0.2, -0.15) is 4.39 Å². The number of nitrogens with one attached hydrogen (secondary N) is 1. The van der Waals surface area contributed by atoms with Gasteiger partial charge in [-0.05, 0) is 82.7 Å². The summed E-state index contributed by atoms with van der Waals surface area (Å²) in [5.74, 6) is 0. The number of pyridine rings is 1. The number of hydrogen-bond acceptors (Lipinski definition) is 4. The van der Waals surface area contributed by atoms with Crippen molar-refractivity contribution >= 4 is 11.3 Å². The summed E-state index contributed by atoms with van der Waals surface area (Å²) in [6, 6.07) is 8.72. The highest BCUT2D eigenvalue weighted by Crippen LogP contribution is 2.44. The molecule has 29 heavy (non-hydrogen) atoms. The third kappa shape index (κ3) is 5.07. The van der Waals surface area contributed by atoms with Gasteiger partial charge in [0.2, 0.25) is 0 Å². The number of aryl methyl sites for hydroxylation is 2. The molecule has 3 heterocycles. The van der Waals surface area contributed by atoms with Crippen LogP contribution >= 0.6 is 11.3 Å². The summed E-state index contributed by atoms with van der Waals surface area (Å²) in [7, 11) is 0. The Labute approximate surface area is 179 Å². The maximum Gasteiger partial charge on any atom is 0.176 e. The second-order valence-electron chi connectivity index (χ2n) is 9.53. The minimum atomic E-state index is -0.0801. The Morgan fingerprint density at radius 3 is 2.59 bits per heavy atom. The normalized spacial score (nSPS) is 21.8. The fourth-order valence-corrected chi connectivity index (χ4v) is 5.42. The standard InChI is InChI=1S/C24H36FN3S/c1-17(2)27-19(4)24(12-11-21-9-10-22(25)29-21)13-14-28(16-24)23(5,6)20-8-7-18(3)26-15-20/h7-10,15,17,19,27H,11-14,16H2,1-6H3. The average molecular weight is 418 g/mol. The van der Waals surface area contributed by atoms with Crippen molar-refractivity contribution < 1.29 is 4.39 Å². The number of hydrogen-bond donors (Lipinski definition) is 1. The number of aromatic nitrogens is 1. The van der Waals surface area contributed by atoms with E-state index in [4.69, 9.17) is 0 Å². The van der Waals surface area contributed by atoms with Gasteiger partial charge in [-0.1, -0.05) is 19.9 Å². The zero-order chi connectivity index (χ0) is 21.2. The second kappa shape index (κ2) is 8.83. The third-order valence-corrected chi connectivity index (χ3v) is 7.73. The van der Waals surface area contributed by atoms with Gasteiger partial charge < -0.3 is 5.32 Å². The van der Waals surface area contributed by atoms with Gasteiger partial charge in [-0.15, -0.1) is 11.3 Å². The average Bonchev–Trinajstić information content (AvgIpc) is 3.27. The quantitative estimate of drug-likeness (QED) is 0.611. The molecule has 3 nitrogen and oxygen atoms in total. The highest BCUT2D eigenvalue weighted by molar-refractivity contribution is 7.10. The summed E-state index contributed by atoms with van der Waals surface area (Å²) in [6.07, 6.45) is 5.20. The molecule has 2 aromatic heterocycles. The van der Waals surface area contributed by atoms with Crippen molar-refractivity contribution in [3.8, 4) is 0 Å². The molecule has 1 aliphatic rings. The maximum atomic E-state index is 13.5. The minimum Gasteiger partial charge on any atom is -0.311 e. The molecule has 5 heteroatoms. The van der Waals surface area contributed by atoms with Crippen LogP contribution in [-0.4, -0.2) is 35.1 Å². The van der Waals surface area contributed by atoms with E-state index in [0.717, 1.165) is 42.9 Å². The molecule has 1 fully saturated rings. The Morgan fingerprint density at radius 1 is 1.24 bits per heavy atom. The van der Waals surface area contributed by atoms with Crippen molar-refractivity contribution in [1.82, 2.24) is 15.2 Å². The van der Waals surface area contributed by atoms with Crippen LogP contribution in [0.4, 0.5) is 4.39 Å². The van der Waals surface area contributed by atoms with Gasteiger partial charge in [0.1, 0.15) is 0 Å². The Bertz CT molecular complexity index is 799. The predicted molar refractivity (Wildman–Crippen MR) is 121 cm³/mol. The smallest absolute Gasteiger partial charge is 0.176 e. The maximum absolute atomic E-state index is 13.5. The van der Waals surface area contributed by atoms with Gasteiger partial charge >= 0.3 is 0 Å². The topological polar surface area (TPSA) is 28.2 Å². The second-order valence-corrected chi connectivity index (χ2v) is 10.6. The summed E-state index contributed by atoms with van der Waals surface area (Å²) in [4.78, 5) is 8.30. The van der Waals surface area contributed by atoms with Crippen LogP contribution in [0.5, 0.6) is 0 Å². The summed E-state index contributed by atoms with van der Waals surface area (Å²) in [6.45, 7) is 15.5. The molecule has 0 amide bonds. The molecule has 2 unspecified atom stereocenters. The molecular weight excluding hydrogens is 381 g/mol. The Morgan fingerprint density at radius 2 is 2.00 bits per heavy atom. The molecule has 0 saturated carbocycles.